The first-order valence-electron chi connectivity index (χ1n) is 5.47. The van der Waals surface area contributed by atoms with E-state index in [-0.39, 0.29) is 5.78 Å². The molecule has 0 fully saturated rings. The number of aromatic nitrogens is 1. The third kappa shape index (κ3) is 3.85. The minimum atomic E-state index is -0.0494. The fourth-order valence-electron chi connectivity index (χ4n) is 1.36. The number of carbonyl (C=O) groups is 1. The van der Waals surface area contributed by atoms with Crippen LogP contribution in [0.3, 0.4) is 0 Å². The summed E-state index contributed by atoms with van der Waals surface area (Å²) in [4.78, 5) is 17.6. The van der Waals surface area contributed by atoms with Gasteiger partial charge >= 0.3 is 0 Å². The van der Waals surface area contributed by atoms with Crippen molar-refractivity contribution in [3.05, 3.63) is 41.9 Å². The van der Waals surface area contributed by atoms with E-state index in [1.54, 1.807) is 12.4 Å². The second kappa shape index (κ2) is 6.05. The molecule has 0 atom stereocenters. The number of pyridine rings is 1. The Morgan fingerprint density at radius 3 is 2.88 bits per heavy atom. The van der Waals surface area contributed by atoms with Gasteiger partial charge in [-0.1, -0.05) is 13.3 Å². The van der Waals surface area contributed by atoms with Crippen LogP contribution < -0.4 is 0 Å². The van der Waals surface area contributed by atoms with Crippen LogP contribution in [0.15, 0.2) is 30.6 Å². The van der Waals surface area contributed by atoms with Crippen molar-refractivity contribution in [2.75, 3.05) is 14.1 Å². The molecule has 0 radical (unpaired) electrons. The number of carbonyl (C=O) groups excluding carboxylic acids is 1. The van der Waals surface area contributed by atoms with E-state index in [4.69, 9.17) is 0 Å². The first-order chi connectivity index (χ1) is 7.63. The molecule has 1 heterocycles. The third-order valence-corrected chi connectivity index (χ3v) is 2.14. The highest BCUT2D eigenvalue weighted by Gasteiger charge is 2.04. The summed E-state index contributed by atoms with van der Waals surface area (Å²) in [6.07, 6.45) is 7.03. The van der Waals surface area contributed by atoms with Gasteiger partial charge in [0.2, 0.25) is 5.78 Å². The van der Waals surface area contributed by atoms with Gasteiger partial charge in [0.15, 0.2) is 0 Å². The van der Waals surface area contributed by atoms with Gasteiger partial charge in [0, 0.05) is 32.6 Å². The maximum atomic E-state index is 11.7. The van der Waals surface area contributed by atoms with Gasteiger partial charge in [-0.3, -0.25) is 9.78 Å². The van der Waals surface area contributed by atoms with E-state index >= 15 is 0 Å². The molecule has 86 valence electrons. The molecule has 1 rings (SSSR count). The second-order valence-electron chi connectivity index (χ2n) is 3.94. The summed E-state index contributed by atoms with van der Waals surface area (Å²) in [5.41, 5.74) is 1.68. The van der Waals surface area contributed by atoms with Crippen LogP contribution >= 0.6 is 0 Å². The predicted molar refractivity (Wildman–Crippen MR) is 65.4 cm³/mol. The average Bonchev–Trinajstić information content (AvgIpc) is 2.26. The molecule has 3 nitrogen and oxygen atoms in total. The van der Waals surface area contributed by atoms with Crippen molar-refractivity contribution in [2.45, 2.75) is 19.8 Å². The lowest BCUT2D eigenvalue weighted by molar-refractivity contribution is 0.104. The van der Waals surface area contributed by atoms with Crippen LogP contribution in [0.1, 0.15) is 29.4 Å². The van der Waals surface area contributed by atoms with E-state index in [0.717, 1.165) is 12.8 Å². The summed E-state index contributed by atoms with van der Waals surface area (Å²) in [5.74, 6) is -0.0494. The van der Waals surface area contributed by atoms with Gasteiger partial charge in [-0.15, -0.1) is 0 Å². The lowest BCUT2D eigenvalue weighted by atomic mass is 10.1. The van der Waals surface area contributed by atoms with Gasteiger partial charge in [-0.2, -0.15) is 0 Å². The van der Waals surface area contributed by atoms with E-state index in [0.29, 0.717) is 5.69 Å². The minimum absolute atomic E-state index is 0.0494. The molecule has 3 heteroatoms. The highest BCUT2D eigenvalue weighted by Crippen LogP contribution is 2.06. The fraction of sp³-hybridized carbons (Fsp3) is 0.385. The van der Waals surface area contributed by atoms with Gasteiger partial charge in [0.1, 0.15) is 5.69 Å². The minimum Gasteiger partial charge on any atom is -0.383 e. The predicted octanol–water partition coefficient (Wildman–Crippen LogP) is 2.29. The van der Waals surface area contributed by atoms with Gasteiger partial charge in [0.25, 0.3) is 0 Å². The van der Waals surface area contributed by atoms with Crippen molar-refractivity contribution >= 4 is 5.78 Å². The van der Waals surface area contributed by atoms with Crippen molar-refractivity contribution in [3.8, 4) is 0 Å². The maximum Gasteiger partial charge on any atom is 0.205 e. The van der Waals surface area contributed by atoms with Crippen molar-refractivity contribution in [1.82, 2.24) is 9.88 Å². The number of nitrogens with zero attached hydrogens (tertiary/aromatic N) is 2. The molecule has 0 aromatic carbocycles. The number of allylic oxidation sites excluding steroid dienone is 1. The zero-order valence-corrected chi connectivity index (χ0v) is 10.1. The Morgan fingerprint density at radius 2 is 2.25 bits per heavy atom. The van der Waals surface area contributed by atoms with Gasteiger partial charge < -0.3 is 4.90 Å². The lowest BCUT2D eigenvalue weighted by Crippen LogP contribution is -2.04. The fourth-order valence-corrected chi connectivity index (χ4v) is 1.36. The summed E-state index contributed by atoms with van der Waals surface area (Å²) in [7, 11) is 3.76. The molecule has 0 saturated heterocycles. The van der Waals surface area contributed by atoms with Crippen molar-refractivity contribution in [3.63, 3.8) is 0 Å². The van der Waals surface area contributed by atoms with Gasteiger partial charge in [-0.05, 0) is 24.1 Å². The molecular formula is C13H18N2O. The number of hydrogen-bond donors (Lipinski definition) is 0. The molecule has 0 N–H and O–H groups in total. The Labute approximate surface area is 96.8 Å². The van der Waals surface area contributed by atoms with Crippen molar-refractivity contribution < 1.29 is 4.79 Å². The van der Waals surface area contributed by atoms with Crippen LogP contribution in [0, 0.1) is 0 Å². The summed E-state index contributed by atoms with van der Waals surface area (Å²) in [6.45, 7) is 2.12. The summed E-state index contributed by atoms with van der Waals surface area (Å²) in [5, 5.41) is 0. The molecule has 0 unspecified atom stereocenters. The number of ketones is 1. The van der Waals surface area contributed by atoms with Gasteiger partial charge in [0.05, 0.1) is 0 Å². The number of aryl methyl sites for hydroxylation is 1. The highest BCUT2D eigenvalue weighted by atomic mass is 16.1. The Balaban J connectivity index is 2.79. The topological polar surface area (TPSA) is 33.2 Å². The largest absolute Gasteiger partial charge is 0.383 e. The van der Waals surface area contributed by atoms with Crippen LogP contribution in [0.5, 0.6) is 0 Å². The molecule has 1 aromatic rings. The van der Waals surface area contributed by atoms with Crippen LogP contribution in [-0.2, 0) is 6.42 Å². The monoisotopic (exact) mass is 218 g/mol. The Bertz CT molecular complexity index is 383. The average molecular weight is 218 g/mol. The molecule has 0 spiro atoms. The summed E-state index contributed by atoms with van der Waals surface area (Å²) in [6, 6.07) is 3.82. The normalized spacial score (nSPS) is 10.7. The lowest BCUT2D eigenvalue weighted by Gasteiger charge is -2.03. The zero-order valence-electron chi connectivity index (χ0n) is 10.1. The molecule has 0 saturated carbocycles. The van der Waals surface area contributed by atoms with E-state index in [1.807, 2.05) is 31.1 Å². The molecule has 1 aromatic heterocycles. The van der Waals surface area contributed by atoms with E-state index < -0.39 is 0 Å². The molecular weight excluding hydrogens is 200 g/mol. The van der Waals surface area contributed by atoms with Crippen LogP contribution in [0.25, 0.3) is 0 Å². The maximum absolute atomic E-state index is 11.7. The van der Waals surface area contributed by atoms with Crippen molar-refractivity contribution in [2.24, 2.45) is 0 Å². The molecule has 0 bridgehead atoms. The standard InChI is InChI=1S/C13H18N2O/c1-4-5-11-6-8-14-12(10-11)13(16)7-9-15(2)3/h6-10H,4-5H2,1-3H3. The smallest absolute Gasteiger partial charge is 0.205 e. The quantitative estimate of drug-likeness (QED) is 0.561. The first-order valence-corrected chi connectivity index (χ1v) is 5.47. The van der Waals surface area contributed by atoms with E-state index in [9.17, 15) is 4.79 Å². The second-order valence-corrected chi connectivity index (χ2v) is 3.94. The van der Waals surface area contributed by atoms with Crippen LogP contribution in [-0.4, -0.2) is 29.8 Å². The van der Waals surface area contributed by atoms with E-state index in [1.165, 1.54) is 11.6 Å². The van der Waals surface area contributed by atoms with Gasteiger partial charge in [-0.25, -0.2) is 0 Å². The van der Waals surface area contributed by atoms with Crippen molar-refractivity contribution in [1.29, 1.82) is 0 Å². The zero-order chi connectivity index (χ0) is 12.0. The molecule has 0 aliphatic rings. The molecule has 0 aliphatic heterocycles. The summed E-state index contributed by atoms with van der Waals surface area (Å²) < 4.78 is 0. The Kier molecular flexibility index (Phi) is 4.70. The molecule has 16 heavy (non-hydrogen) atoms. The highest BCUT2D eigenvalue weighted by molar-refractivity contribution is 6.02. The molecule has 0 amide bonds. The van der Waals surface area contributed by atoms with E-state index in [2.05, 4.69) is 11.9 Å². The Morgan fingerprint density at radius 1 is 1.50 bits per heavy atom. The SMILES string of the molecule is CCCc1ccnc(C(=O)C=CN(C)C)c1. The van der Waals surface area contributed by atoms with Crippen LogP contribution in [0.2, 0.25) is 0 Å². The number of rotatable bonds is 5. The number of hydrogen-bond acceptors (Lipinski definition) is 3. The molecule has 0 aliphatic carbocycles. The Hall–Kier alpha value is -1.64. The van der Waals surface area contributed by atoms with Crippen LogP contribution in [0.4, 0.5) is 0 Å². The first kappa shape index (κ1) is 12.4. The summed E-state index contributed by atoms with van der Waals surface area (Å²) >= 11 is 0. The third-order valence-electron chi connectivity index (χ3n) is 2.14.